The molecule has 0 spiro atoms. The van der Waals surface area contributed by atoms with Crippen molar-refractivity contribution in [2.24, 2.45) is 11.8 Å². The minimum atomic E-state index is -0.953. The Morgan fingerprint density at radius 3 is 2.42 bits per heavy atom. The first-order valence-electron chi connectivity index (χ1n) is 8.10. The Morgan fingerprint density at radius 1 is 1.21 bits per heavy atom. The van der Waals surface area contributed by atoms with Gasteiger partial charge in [-0.1, -0.05) is 13.8 Å². The SMILES string of the molecule is COc1ccc(C(=O)NC(C)C(C)C(=O)O)c(OCCC(C)C)c1. The fourth-order valence-electron chi connectivity index (χ4n) is 1.96. The molecule has 2 atom stereocenters. The summed E-state index contributed by atoms with van der Waals surface area (Å²) in [6.45, 7) is 7.90. The molecule has 0 saturated heterocycles. The lowest BCUT2D eigenvalue weighted by Gasteiger charge is -2.19. The molecule has 0 aromatic heterocycles. The number of hydrogen-bond acceptors (Lipinski definition) is 4. The molecular formula is C18H27NO5. The van der Waals surface area contributed by atoms with Crippen LogP contribution >= 0.6 is 0 Å². The largest absolute Gasteiger partial charge is 0.497 e. The van der Waals surface area contributed by atoms with Gasteiger partial charge in [-0.05, 0) is 38.3 Å². The van der Waals surface area contributed by atoms with Crippen LogP contribution in [0.5, 0.6) is 11.5 Å². The predicted molar refractivity (Wildman–Crippen MR) is 91.7 cm³/mol. The molecule has 0 bridgehead atoms. The molecule has 0 heterocycles. The first-order chi connectivity index (χ1) is 11.3. The molecule has 0 saturated carbocycles. The topological polar surface area (TPSA) is 84.9 Å². The van der Waals surface area contributed by atoms with E-state index < -0.39 is 17.9 Å². The Morgan fingerprint density at radius 2 is 1.88 bits per heavy atom. The number of rotatable bonds is 9. The molecule has 2 N–H and O–H groups in total. The molecule has 1 aromatic carbocycles. The second kappa shape index (κ2) is 9.15. The molecule has 0 fully saturated rings. The Bertz CT molecular complexity index is 571. The Labute approximate surface area is 143 Å². The second-order valence-corrected chi connectivity index (χ2v) is 6.28. The van der Waals surface area contributed by atoms with Gasteiger partial charge >= 0.3 is 5.97 Å². The van der Waals surface area contributed by atoms with Gasteiger partial charge in [0, 0.05) is 12.1 Å². The summed E-state index contributed by atoms with van der Waals surface area (Å²) in [4.78, 5) is 23.5. The van der Waals surface area contributed by atoms with Gasteiger partial charge in [-0.3, -0.25) is 9.59 Å². The van der Waals surface area contributed by atoms with Crippen molar-refractivity contribution in [2.75, 3.05) is 13.7 Å². The standard InChI is InChI=1S/C18H27NO5/c1-11(2)8-9-24-16-10-14(23-5)6-7-15(16)17(20)19-13(4)12(3)18(21)22/h6-7,10-13H,8-9H2,1-5H3,(H,19,20)(H,21,22). The second-order valence-electron chi connectivity index (χ2n) is 6.28. The molecule has 134 valence electrons. The Balaban J connectivity index is 2.91. The molecule has 1 aromatic rings. The minimum Gasteiger partial charge on any atom is -0.497 e. The normalized spacial score (nSPS) is 13.2. The maximum atomic E-state index is 12.5. The van der Waals surface area contributed by atoms with Gasteiger partial charge in [0.1, 0.15) is 11.5 Å². The molecule has 2 unspecified atom stereocenters. The lowest BCUT2D eigenvalue weighted by molar-refractivity contribution is -0.141. The van der Waals surface area contributed by atoms with Crippen LogP contribution in [0, 0.1) is 11.8 Å². The van der Waals surface area contributed by atoms with Gasteiger partial charge in [0.2, 0.25) is 0 Å². The van der Waals surface area contributed by atoms with Gasteiger partial charge < -0.3 is 19.9 Å². The number of carbonyl (C=O) groups excluding carboxylic acids is 1. The van der Waals surface area contributed by atoms with Crippen molar-refractivity contribution in [2.45, 2.75) is 40.2 Å². The van der Waals surface area contributed by atoms with E-state index in [-0.39, 0.29) is 5.91 Å². The average Bonchev–Trinajstić information content (AvgIpc) is 2.53. The number of ether oxygens (including phenoxy) is 2. The number of hydrogen-bond donors (Lipinski definition) is 2. The van der Waals surface area contributed by atoms with Crippen molar-refractivity contribution in [1.82, 2.24) is 5.32 Å². The van der Waals surface area contributed by atoms with Crippen molar-refractivity contribution < 1.29 is 24.2 Å². The highest BCUT2D eigenvalue weighted by atomic mass is 16.5. The summed E-state index contributed by atoms with van der Waals surface area (Å²) in [6, 6.07) is 4.47. The van der Waals surface area contributed by atoms with Gasteiger partial charge in [-0.2, -0.15) is 0 Å². The van der Waals surface area contributed by atoms with Crippen molar-refractivity contribution in [3.63, 3.8) is 0 Å². The zero-order valence-electron chi connectivity index (χ0n) is 15.0. The van der Waals surface area contributed by atoms with E-state index in [0.717, 1.165) is 6.42 Å². The third-order valence-electron chi connectivity index (χ3n) is 3.88. The van der Waals surface area contributed by atoms with Gasteiger partial charge in [-0.15, -0.1) is 0 Å². The van der Waals surface area contributed by atoms with Crippen molar-refractivity contribution in [3.05, 3.63) is 23.8 Å². The van der Waals surface area contributed by atoms with E-state index in [9.17, 15) is 9.59 Å². The highest BCUT2D eigenvalue weighted by Gasteiger charge is 2.23. The number of carbonyl (C=O) groups is 2. The fourth-order valence-corrected chi connectivity index (χ4v) is 1.96. The smallest absolute Gasteiger partial charge is 0.308 e. The first-order valence-corrected chi connectivity index (χ1v) is 8.10. The third-order valence-corrected chi connectivity index (χ3v) is 3.88. The maximum absolute atomic E-state index is 12.5. The fraction of sp³-hybridized carbons (Fsp3) is 0.556. The van der Waals surface area contributed by atoms with Crippen LogP contribution in [0.4, 0.5) is 0 Å². The molecule has 1 rings (SSSR count). The molecular weight excluding hydrogens is 310 g/mol. The highest BCUT2D eigenvalue weighted by molar-refractivity contribution is 5.97. The van der Waals surface area contributed by atoms with Gasteiger partial charge in [0.15, 0.2) is 0 Å². The molecule has 6 heteroatoms. The van der Waals surface area contributed by atoms with Gasteiger partial charge in [-0.25, -0.2) is 0 Å². The summed E-state index contributed by atoms with van der Waals surface area (Å²) in [6.07, 6.45) is 0.866. The molecule has 0 radical (unpaired) electrons. The molecule has 1 amide bonds. The molecule has 0 aliphatic carbocycles. The number of nitrogens with one attached hydrogen (secondary N) is 1. The summed E-state index contributed by atoms with van der Waals surface area (Å²) < 4.78 is 10.9. The van der Waals surface area contributed by atoms with Crippen molar-refractivity contribution in [1.29, 1.82) is 0 Å². The van der Waals surface area contributed by atoms with Crippen LogP contribution in [-0.4, -0.2) is 36.7 Å². The highest BCUT2D eigenvalue weighted by Crippen LogP contribution is 2.25. The lowest BCUT2D eigenvalue weighted by atomic mass is 10.0. The number of carboxylic acid groups (broad SMARTS) is 1. The predicted octanol–water partition coefficient (Wildman–Crippen LogP) is 2.96. The molecule has 6 nitrogen and oxygen atoms in total. The number of aliphatic carboxylic acids is 1. The van der Waals surface area contributed by atoms with Crippen LogP contribution in [0.1, 0.15) is 44.5 Å². The van der Waals surface area contributed by atoms with Crippen LogP contribution in [0.25, 0.3) is 0 Å². The summed E-state index contributed by atoms with van der Waals surface area (Å²) in [5.74, 6) is -0.480. The third kappa shape index (κ3) is 5.76. The van der Waals surface area contributed by atoms with E-state index in [1.807, 2.05) is 0 Å². The number of methoxy groups -OCH3 is 1. The zero-order chi connectivity index (χ0) is 18.3. The lowest BCUT2D eigenvalue weighted by Crippen LogP contribution is -2.40. The van der Waals surface area contributed by atoms with E-state index in [1.54, 1.807) is 39.2 Å². The van der Waals surface area contributed by atoms with E-state index in [0.29, 0.717) is 29.6 Å². The Hall–Kier alpha value is -2.24. The number of benzene rings is 1. The molecule has 0 aliphatic rings. The molecule has 0 aliphatic heterocycles. The van der Waals surface area contributed by atoms with Crippen LogP contribution in [0.15, 0.2) is 18.2 Å². The summed E-state index contributed by atoms with van der Waals surface area (Å²) >= 11 is 0. The average molecular weight is 337 g/mol. The molecule has 24 heavy (non-hydrogen) atoms. The van der Waals surface area contributed by atoms with Crippen LogP contribution < -0.4 is 14.8 Å². The summed E-state index contributed by atoms with van der Waals surface area (Å²) in [5, 5.41) is 11.7. The summed E-state index contributed by atoms with van der Waals surface area (Å²) in [7, 11) is 1.55. The van der Waals surface area contributed by atoms with Crippen LogP contribution in [0.2, 0.25) is 0 Å². The van der Waals surface area contributed by atoms with E-state index >= 15 is 0 Å². The van der Waals surface area contributed by atoms with E-state index in [4.69, 9.17) is 14.6 Å². The van der Waals surface area contributed by atoms with E-state index in [1.165, 1.54) is 0 Å². The van der Waals surface area contributed by atoms with Crippen LogP contribution in [0.3, 0.4) is 0 Å². The number of carboxylic acids is 1. The van der Waals surface area contributed by atoms with Crippen LogP contribution in [-0.2, 0) is 4.79 Å². The quantitative estimate of drug-likeness (QED) is 0.723. The minimum absolute atomic E-state index is 0.363. The summed E-state index contributed by atoms with van der Waals surface area (Å²) in [5.41, 5.74) is 0.365. The Kier molecular flexibility index (Phi) is 7.55. The maximum Gasteiger partial charge on any atom is 0.308 e. The number of amides is 1. The van der Waals surface area contributed by atoms with Gasteiger partial charge in [0.25, 0.3) is 5.91 Å². The monoisotopic (exact) mass is 337 g/mol. The van der Waals surface area contributed by atoms with E-state index in [2.05, 4.69) is 19.2 Å². The van der Waals surface area contributed by atoms with Crippen molar-refractivity contribution >= 4 is 11.9 Å². The first kappa shape index (κ1) is 19.8. The van der Waals surface area contributed by atoms with Crippen molar-refractivity contribution in [3.8, 4) is 11.5 Å². The van der Waals surface area contributed by atoms with Gasteiger partial charge in [0.05, 0.1) is 25.2 Å². The zero-order valence-corrected chi connectivity index (χ0v) is 15.0.